The van der Waals surface area contributed by atoms with Gasteiger partial charge >= 0.3 is 0 Å². The molecule has 0 unspecified atom stereocenters. The second-order valence-corrected chi connectivity index (χ2v) is 6.24. The Morgan fingerprint density at radius 3 is 3.05 bits per heavy atom. The molecule has 0 bridgehead atoms. The van der Waals surface area contributed by atoms with Crippen LogP contribution in [0.15, 0.2) is 40.7 Å². The van der Waals surface area contributed by atoms with Crippen molar-refractivity contribution in [3.05, 3.63) is 46.2 Å². The number of nitrogens with one attached hydrogen (secondary N) is 1. The van der Waals surface area contributed by atoms with Gasteiger partial charge in [-0.05, 0) is 53.5 Å². The lowest BCUT2D eigenvalue weighted by Crippen LogP contribution is -2.26. The van der Waals surface area contributed by atoms with Crippen molar-refractivity contribution in [3.8, 4) is 0 Å². The summed E-state index contributed by atoms with van der Waals surface area (Å²) in [6, 6.07) is 1.70. The van der Waals surface area contributed by atoms with Crippen LogP contribution < -0.4 is 11.1 Å². The van der Waals surface area contributed by atoms with E-state index in [1.54, 1.807) is 19.2 Å². The molecule has 0 amide bonds. The van der Waals surface area contributed by atoms with Crippen molar-refractivity contribution in [2.45, 2.75) is 13.3 Å². The van der Waals surface area contributed by atoms with Crippen LogP contribution in [0.3, 0.4) is 0 Å². The molecule has 1 saturated heterocycles. The second kappa shape index (κ2) is 7.56. The Bertz CT molecular complexity index is 604. The molecule has 0 saturated carbocycles. The maximum absolute atomic E-state index is 12.5. The summed E-state index contributed by atoms with van der Waals surface area (Å²) in [5, 5.41) is 3.35. The number of ketones is 1. The minimum Gasteiger partial charge on any atom is -0.383 e. The zero-order chi connectivity index (χ0) is 16.1. The third kappa shape index (κ3) is 4.18. The molecule has 3 N–H and O–H groups in total. The van der Waals surface area contributed by atoms with Crippen LogP contribution in [0, 0.1) is 0 Å². The molecule has 6 heteroatoms. The van der Waals surface area contributed by atoms with Gasteiger partial charge in [0.05, 0.1) is 5.56 Å². The fourth-order valence-corrected chi connectivity index (χ4v) is 2.72. The smallest absolute Gasteiger partial charge is 0.192 e. The summed E-state index contributed by atoms with van der Waals surface area (Å²) in [5.74, 6) is 0.117. The fourth-order valence-electron chi connectivity index (χ4n) is 2.38. The predicted octanol–water partition coefficient (Wildman–Crippen LogP) is 2.36. The lowest BCUT2D eigenvalue weighted by molar-refractivity contribution is 0.103. The molecule has 0 aliphatic carbocycles. The molecular weight excluding hydrogens is 344 g/mol. The van der Waals surface area contributed by atoms with Crippen LogP contribution in [-0.2, 0) is 0 Å². The van der Waals surface area contributed by atoms with E-state index in [4.69, 9.17) is 5.73 Å². The maximum atomic E-state index is 12.5. The average molecular weight is 365 g/mol. The van der Waals surface area contributed by atoms with Crippen molar-refractivity contribution in [2.24, 2.45) is 0 Å². The number of carbonyl (C=O) groups is 1. The number of hydrogen-bond donors (Lipinski definition) is 2. The number of allylic oxidation sites excluding steroid dienone is 2. The van der Waals surface area contributed by atoms with Crippen LogP contribution in [0.1, 0.15) is 23.7 Å². The average Bonchev–Trinajstić information content (AvgIpc) is 2.78. The molecule has 1 aliphatic heterocycles. The van der Waals surface area contributed by atoms with Crippen LogP contribution in [-0.4, -0.2) is 41.8 Å². The molecule has 5 nitrogen and oxygen atoms in total. The van der Waals surface area contributed by atoms with E-state index >= 15 is 0 Å². The number of nitrogens with zero attached hydrogens (tertiary/aromatic N) is 2. The summed E-state index contributed by atoms with van der Waals surface area (Å²) in [7, 11) is 0. The largest absolute Gasteiger partial charge is 0.383 e. The van der Waals surface area contributed by atoms with Crippen LogP contribution in [0.5, 0.6) is 0 Å². The Morgan fingerprint density at radius 1 is 1.50 bits per heavy atom. The Morgan fingerprint density at radius 2 is 2.27 bits per heavy atom. The Balaban J connectivity index is 2.15. The monoisotopic (exact) mass is 364 g/mol. The summed E-state index contributed by atoms with van der Waals surface area (Å²) in [6.07, 6.45) is 4.48. The first-order chi connectivity index (χ1) is 10.5. The maximum Gasteiger partial charge on any atom is 0.192 e. The van der Waals surface area contributed by atoms with Crippen LogP contribution in [0.4, 0.5) is 5.82 Å². The van der Waals surface area contributed by atoms with Gasteiger partial charge in [-0.2, -0.15) is 0 Å². The zero-order valence-electron chi connectivity index (χ0n) is 12.7. The first kappa shape index (κ1) is 16.7. The molecule has 0 radical (unpaired) electrons. The number of nitrogens with two attached hydrogens (primary N) is 1. The fraction of sp³-hybridized carbons (Fsp3) is 0.375. The van der Waals surface area contributed by atoms with Crippen molar-refractivity contribution in [2.75, 3.05) is 31.9 Å². The van der Waals surface area contributed by atoms with Gasteiger partial charge < -0.3 is 16.0 Å². The van der Waals surface area contributed by atoms with E-state index in [9.17, 15) is 4.79 Å². The second-order valence-electron chi connectivity index (χ2n) is 5.32. The molecule has 1 fully saturated rings. The molecule has 0 aromatic carbocycles. The number of rotatable bonds is 4. The molecule has 118 valence electrons. The van der Waals surface area contributed by atoms with Crippen molar-refractivity contribution in [1.82, 2.24) is 15.2 Å². The van der Waals surface area contributed by atoms with Gasteiger partial charge in [0.2, 0.25) is 0 Å². The van der Waals surface area contributed by atoms with E-state index in [0.29, 0.717) is 11.1 Å². The molecule has 1 aromatic rings. The number of Topliss-reactive ketones (excluding diaryl/α,β-unsaturated/α-hetero) is 1. The Kier molecular flexibility index (Phi) is 5.74. The van der Waals surface area contributed by atoms with E-state index in [1.165, 1.54) is 0 Å². The number of aromatic nitrogens is 1. The molecule has 0 spiro atoms. The van der Waals surface area contributed by atoms with Crippen molar-refractivity contribution < 1.29 is 4.79 Å². The van der Waals surface area contributed by atoms with Gasteiger partial charge in [0.25, 0.3) is 0 Å². The minimum atomic E-state index is -0.125. The van der Waals surface area contributed by atoms with Gasteiger partial charge in [0.15, 0.2) is 5.78 Å². The summed E-state index contributed by atoms with van der Waals surface area (Å²) in [6.45, 7) is 9.67. The highest BCUT2D eigenvalue weighted by Crippen LogP contribution is 2.20. The van der Waals surface area contributed by atoms with Crippen LogP contribution in [0.2, 0.25) is 0 Å². The Labute approximate surface area is 139 Å². The topological polar surface area (TPSA) is 71.2 Å². The molecule has 0 atom stereocenters. The first-order valence-electron chi connectivity index (χ1n) is 7.27. The number of pyridine rings is 1. The summed E-state index contributed by atoms with van der Waals surface area (Å²) in [5.41, 5.74) is 7.67. The standard InChI is InChI=1S/C16H21BrN4O/c1-11(8-12(2)21-6-3-4-19-5-7-21)15(22)14-9-13(17)10-20-16(14)18/h8-10,19H,2-7H2,1H3,(H2,18,20)/b11-8+. The molecular formula is C16H21BrN4O. The van der Waals surface area contributed by atoms with E-state index in [-0.39, 0.29) is 11.6 Å². The highest BCUT2D eigenvalue weighted by atomic mass is 79.9. The van der Waals surface area contributed by atoms with Crippen LogP contribution >= 0.6 is 15.9 Å². The minimum absolute atomic E-state index is 0.125. The van der Waals surface area contributed by atoms with Crippen molar-refractivity contribution in [1.29, 1.82) is 0 Å². The van der Waals surface area contributed by atoms with E-state index in [2.05, 4.69) is 37.7 Å². The zero-order valence-corrected chi connectivity index (χ0v) is 14.3. The summed E-state index contributed by atoms with van der Waals surface area (Å²) in [4.78, 5) is 18.7. The quantitative estimate of drug-likeness (QED) is 0.487. The number of hydrogen-bond acceptors (Lipinski definition) is 5. The SMILES string of the molecule is C=C(/C=C(\C)C(=O)c1cc(Br)cnc1N)N1CCCNCC1. The summed E-state index contributed by atoms with van der Waals surface area (Å²) < 4.78 is 0.732. The van der Waals surface area contributed by atoms with Crippen molar-refractivity contribution in [3.63, 3.8) is 0 Å². The van der Waals surface area contributed by atoms with Crippen LogP contribution in [0.25, 0.3) is 0 Å². The molecule has 2 heterocycles. The lowest BCUT2D eigenvalue weighted by Gasteiger charge is -2.22. The third-order valence-electron chi connectivity index (χ3n) is 3.62. The number of carbonyl (C=O) groups excluding carboxylic acids is 1. The van der Waals surface area contributed by atoms with Gasteiger partial charge in [0, 0.05) is 36.0 Å². The number of halogens is 1. The molecule has 22 heavy (non-hydrogen) atoms. The van der Waals surface area contributed by atoms with E-state index in [0.717, 1.165) is 42.8 Å². The number of anilines is 1. The third-order valence-corrected chi connectivity index (χ3v) is 4.05. The van der Waals surface area contributed by atoms with Gasteiger partial charge in [0.1, 0.15) is 5.82 Å². The highest BCUT2D eigenvalue weighted by molar-refractivity contribution is 9.10. The van der Waals surface area contributed by atoms with Gasteiger partial charge in [-0.3, -0.25) is 4.79 Å². The molecule has 2 rings (SSSR count). The first-order valence-corrected chi connectivity index (χ1v) is 8.07. The predicted molar refractivity (Wildman–Crippen MR) is 92.6 cm³/mol. The van der Waals surface area contributed by atoms with Gasteiger partial charge in [-0.25, -0.2) is 4.98 Å². The lowest BCUT2D eigenvalue weighted by atomic mass is 10.0. The van der Waals surface area contributed by atoms with Gasteiger partial charge in [-0.15, -0.1) is 0 Å². The Hall–Kier alpha value is -1.66. The summed E-state index contributed by atoms with van der Waals surface area (Å²) >= 11 is 3.31. The van der Waals surface area contributed by atoms with Gasteiger partial charge in [-0.1, -0.05) is 6.58 Å². The van der Waals surface area contributed by atoms with E-state index in [1.807, 2.05) is 6.08 Å². The van der Waals surface area contributed by atoms with E-state index < -0.39 is 0 Å². The van der Waals surface area contributed by atoms with Crippen molar-refractivity contribution >= 4 is 27.5 Å². The molecule has 1 aromatic heterocycles. The molecule has 1 aliphatic rings. The highest BCUT2D eigenvalue weighted by Gasteiger charge is 2.15. The normalized spacial score (nSPS) is 16.3. The number of nitrogen functional groups attached to an aromatic ring is 1.